The third-order valence-electron chi connectivity index (χ3n) is 4.19. The summed E-state index contributed by atoms with van der Waals surface area (Å²) in [6.45, 7) is 3.95. The molecule has 5 heteroatoms. The fraction of sp³-hybridized carbons (Fsp3) is 0.533. The molecule has 2 aliphatic rings. The number of nitrogens with zero attached hydrogens (tertiary/aromatic N) is 2. The Morgan fingerprint density at radius 3 is 2.65 bits per heavy atom. The minimum absolute atomic E-state index is 0.150. The van der Waals surface area contributed by atoms with Crippen LogP contribution in [0.1, 0.15) is 30.0 Å². The van der Waals surface area contributed by atoms with Crippen LogP contribution in [0.25, 0.3) is 0 Å². The van der Waals surface area contributed by atoms with E-state index >= 15 is 0 Å². The van der Waals surface area contributed by atoms with Crippen molar-refractivity contribution in [1.29, 1.82) is 5.26 Å². The number of aromatic hydroxyl groups is 1. The zero-order valence-corrected chi connectivity index (χ0v) is 12.9. The first-order chi connectivity index (χ1) is 9.72. The Hall–Kier alpha value is -1.09. The van der Waals surface area contributed by atoms with E-state index in [0.717, 1.165) is 36.2 Å². The standard InChI is InChI=1S/C15H18BrN3O/c16-12-4-3-11(9-17)15(20)13(12)14(10-1-2-10)19-7-5-18-6-8-19/h3-4,10,14,18,20H,1-2,5-8H2/t14-/m0/s1. The Morgan fingerprint density at radius 1 is 1.35 bits per heavy atom. The van der Waals surface area contributed by atoms with E-state index in [4.69, 9.17) is 5.26 Å². The van der Waals surface area contributed by atoms with Gasteiger partial charge in [0.25, 0.3) is 0 Å². The van der Waals surface area contributed by atoms with Gasteiger partial charge in [-0.3, -0.25) is 4.90 Å². The lowest BCUT2D eigenvalue weighted by Gasteiger charge is -2.36. The quantitative estimate of drug-likeness (QED) is 0.890. The number of piperazine rings is 1. The van der Waals surface area contributed by atoms with E-state index in [1.807, 2.05) is 6.07 Å². The van der Waals surface area contributed by atoms with E-state index in [1.54, 1.807) is 6.07 Å². The molecule has 0 unspecified atom stereocenters. The maximum Gasteiger partial charge on any atom is 0.139 e. The Bertz CT molecular complexity index is 545. The third-order valence-corrected chi connectivity index (χ3v) is 4.89. The number of hydrogen-bond acceptors (Lipinski definition) is 4. The second kappa shape index (κ2) is 5.72. The van der Waals surface area contributed by atoms with Crippen molar-refractivity contribution in [3.63, 3.8) is 0 Å². The molecule has 1 aliphatic carbocycles. The lowest BCUT2D eigenvalue weighted by Crippen LogP contribution is -2.45. The first-order valence-corrected chi connectivity index (χ1v) is 7.88. The molecule has 1 saturated heterocycles. The van der Waals surface area contributed by atoms with Gasteiger partial charge in [0.05, 0.1) is 5.56 Å². The van der Waals surface area contributed by atoms with Gasteiger partial charge in [-0.2, -0.15) is 5.26 Å². The molecule has 1 heterocycles. The molecule has 1 aliphatic heterocycles. The van der Waals surface area contributed by atoms with Crippen molar-refractivity contribution in [1.82, 2.24) is 10.2 Å². The molecule has 0 aromatic heterocycles. The van der Waals surface area contributed by atoms with Crippen LogP contribution in [0.4, 0.5) is 0 Å². The molecule has 1 saturated carbocycles. The summed E-state index contributed by atoms with van der Waals surface area (Å²) in [7, 11) is 0. The number of benzene rings is 1. The van der Waals surface area contributed by atoms with Crippen molar-refractivity contribution in [3.05, 3.63) is 27.7 Å². The van der Waals surface area contributed by atoms with Crippen LogP contribution < -0.4 is 5.32 Å². The summed E-state index contributed by atoms with van der Waals surface area (Å²) in [5.41, 5.74) is 1.26. The number of halogens is 1. The van der Waals surface area contributed by atoms with Crippen molar-refractivity contribution < 1.29 is 5.11 Å². The van der Waals surface area contributed by atoms with Gasteiger partial charge in [-0.1, -0.05) is 15.9 Å². The highest BCUT2D eigenvalue weighted by Gasteiger charge is 2.39. The molecule has 3 rings (SSSR count). The van der Waals surface area contributed by atoms with Gasteiger partial charge in [0.1, 0.15) is 11.8 Å². The molecular weight excluding hydrogens is 318 g/mol. The number of phenols is 1. The van der Waals surface area contributed by atoms with Gasteiger partial charge in [-0.05, 0) is 30.9 Å². The summed E-state index contributed by atoms with van der Waals surface area (Å²) in [5.74, 6) is 0.751. The first-order valence-electron chi connectivity index (χ1n) is 7.08. The molecule has 2 fully saturated rings. The lowest BCUT2D eigenvalue weighted by molar-refractivity contribution is 0.153. The molecule has 2 N–H and O–H groups in total. The van der Waals surface area contributed by atoms with E-state index in [9.17, 15) is 5.11 Å². The number of phenolic OH excluding ortho intramolecular Hbond substituents is 1. The Morgan fingerprint density at radius 2 is 2.05 bits per heavy atom. The molecule has 4 nitrogen and oxygen atoms in total. The number of nitriles is 1. The molecule has 106 valence electrons. The Balaban J connectivity index is 2.01. The molecule has 1 aromatic rings. The second-order valence-corrected chi connectivity index (χ2v) is 6.39. The van der Waals surface area contributed by atoms with Gasteiger partial charge in [0, 0.05) is 42.3 Å². The highest BCUT2D eigenvalue weighted by molar-refractivity contribution is 9.10. The van der Waals surface area contributed by atoms with Crippen molar-refractivity contribution >= 4 is 15.9 Å². The van der Waals surface area contributed by atoms with Gasteiger partial charge < -0.3 is 10.4 Å². The van der Waals surface area contributed by atoms with Crippen LogP contribution in [0, 0.1) is 17.2 Å². The van der Waals surface area contributed by atoms with Crippen LogP contribution in [0.15, 0.2) is 16.6 Å². The van der Waals surface area contributed by atoms with E-state index in [0.29, 0.717) is 11.5 Å². The zero-order chi connectivity index (χ0) is 14.1. The lowest BCUT2D eigenvalue weighted by atomic mass is 9.96. The molecule has 1 atom stereocenters. The van der Waals surface area contributed by atoms with Crippen molar-refractivity contribution in [2.24, 2.45) is 5.92 Å². The highest BCUT2D eigenvalue weighted by Crippen LogP contribution is 2.49. The van der Waals surface area contributed by atoms with Crippen LogP contribution in [0.5, 0.6) is 5.75 Å². The van der Waals surface area contributed by atoms with Crippen LogP contribution in [-0.4, -0.2) is 36.2 Å². The maximum absolute atomic E-state index is 10.5. The number of nitrogens with one attached hydrogen (secondary N) is 1. The maximum atomic E-state index is 10.5. The zero-order valence-electron chi connectivity index (χ0n) is 11.3. The highest BCUT2D eigenvalue weighted by atomic mass is 79.9. The Kier molecular flexibility index (Phi) is 3.97. The van der Waals surface area contributed by atoms with Crippen molar-refractivity contribution in [3.8, 4) is 11.8 Å². The number of rotatable bonds is 3. The normalized spacial score (nSPS) is 21.4. The molecule has 1 aromatic carbocycles. The summed E-state index contributed by atoms with van der Waals surface area (Å²) in [6, 6.07) is 5.85. The molecule has 20 heavy (non-hydrogen) atoms. The molecule has 0 bridgehead atoms. The van der Waals surface area contributed by atoms with Gasteiger partial charge in [-0.25, -0.2) is 0 Å². The predicted octanol–water partition coefficient (Wildman–Crippen LogP) is 2.38. The summed E-state index contributed by atoms with van der Waals surface area (Å²) in [5, 5.41) is 22.9. The summed E-state index contributed by atoms with van der Waals surface area (Å²) >= 11 is 3.56. The van der Waals surface area contributed by atoms with E-state index in [-0.39, 0.29) is 11.8 Å². The van der Waals surface area contributed by atoms with Gasteiger partial charge >= 0.3 is 0 Å². The number of hydrogen-bond donors (Lipinski definition) is 2. The smallest absolute Gasteiger partial charge is 0.139 e. The van der Waals surface area contributed by atoms with E-state index in [1.165, 1.54) is 12.8 Å². The van der Waals surface area contributed by atoms with E-state index in [2.05, 4.69) is 32.2 Å². The minimum Gasteiger partial charge on any atom is -0.506 e. The van der Waals surface area contributed by atoms with E-state index < -0.39 is 0 Å². The SMILES string of the molecule is N#Cc1ccc(Br)c([C@H](C2CC2)N2CCNCC2)c1O. The van der Waals surface area contributed by atoms with Crippen LogP contribution in [0.3, 0.4) is 0 Å². The van der Waals surface area contributed by atoms with Crippen molar-refractivity contribution in [2.45, 2.75) is 18.9 Å². The average Bonchev–Trinajstić information content (AvgIpc) is 3.29. The molecule has 0 radical (unpaired) electrons. The average molecular weight is 336 g/mol. The molecular formula is C15H18BrN3O. The fourth-order valence-electron chi connectivity index (χ4n) is 3.04. The van der Waals surface area contributed by atoms with Crippen molar-refractivity contribution in [2.75, 3.05) is 26.2 Å². The van der Waals surface area contributed by atoms with Gasteiger partial charge in [0.15, 0.2) is 0 Å². The summed E-state index contributed by atoms with van der Waals surface area (Å²) in [4.78, 5) is 2.44. The van der Waals surface area contributed by atoms with Gasteiger partial charge in [0.2, 0.25) is 0 Å². The second-order valence-electron chi connectivity index (χ2n) is 5.54. The predicted molar refractivity (Wildman–Crippen MR) is 80.4 cm³/mol. The topological polar surface area (TPSA) is 59.3 Å². The minimum atomic E-state index is 0.150. The van der Waals surface area contributed by atoms with Crippen LogP contribution in [0.2, 0.25) is 0 Å². The Labute approximate surface area is 127 Å². The van der Waals surface area contributed by atoms with Crippen LogP contribution in [-0.2, 0) is 0 Å². The largest absolute Gasteiger partial charge is 0.506 e. The molecule has 0 amide bonds. The van der Waals surface area contributed by atoms with Crippen LogP contribution >= 0.6 is 15.9 Å². The fourth-order valence-corrected chi connectivity index (χ4v) is 3.60. The first kappa shape index (κ1) is 13.9. The summed E-state index contributed by atoms with van der Waals surface area (Å²) < 4.78 is 0.907. The third kappa shape index (κ3) is 2.56. The summed E-state index contributed by atoms with van der Waals surface area (Å²) in [6.07, 6.45) is 2.41. The van der Waals surface area contributed by atoms with Gasteiger partial charge in [-0.15, -0.1) is 0 Å². The molecule has 0 spiro atoms. The monoisotopic (exact) mass is 335 g/mol.